The molecule has 0 aliphatic carbocycles. The lowest BCUT2D eigenvalue weighted by atomic mass is 10.3. The van der Waals surface area contributed by atoms with Gasteiger partial charge in [-0.05, 0) is 43.1 Å². The number of rotatable bonds is 5. The molecular formula is C11H20BrN3S. The molecule has 0 saturated carbocycles. The molecule has 0 aliphatic heterocycles. The second kappa shape index (κ2) is 6.07. The molecule has 0 radical (unpaired) electrons. The van der Waals surface area contributed by atoms with E-state index in [9.17, 15) is 0 Å². The quantitative estimate of drug-likeness (QED) is 0.834. The van der Waals surface area contributed by atoms with Crippen LogP contribution in [0.1, 0.15) is 18.3 Å². The summed E-state index contributed by atoms with van der Waals surface area (Å²) in [5.74, 6) is 1.16. The molecule has 1 aromatic heterocycles. The van der Waals surface area contributed by atoms with Crippen LogP contribution in [0.4, 0.5) is 0 Å². The smallest absolute Gasteiger partial charge is 0.0739 e. The lowest BCUT2D eigenvalue weighted by Gasteiger charge is -2.24. The van der Waals surface area contributed by atoms with E-state index in [4.69, 9.17) is 0 Å². The van der Waals surface area contributed by atoms with Crippen LogP contribution in [0.15, 0.2) is 4.47 Å². The zero-order valence-corrected chi connectivity index (χ0v) is 13.0. The lowest BCUT2D eigenvalue weighted by molar-refractivity contribution is 0.262. The summed E-state index contributed by atoms with van der Waals surface area (Å²) >= 11 is 5.49. The molecule has 0 aliphatic rings. The molecule has 0 bridgehead atoms. The van der Waals surface area contributed by atoms with Gasteiger partial charge in [-0.3, -0.25) is 9.58 Å². The van der Waals surface area contributed by atoms with E-state index in [0.29, 0.717) is 6.04 Å². The first-order chi connectivity index (χ1) is 7.47. The number of thioether (sulfide) groups is 1. The Labute approximate surface area is 111 Å². The minimum atomic E-state index is 0.581. The average molecular weight is 306 g/mol. The van der Waals surface area contributed by atoms with Crippen LogP contribution >= 0.6 is 27.7 Å². The van der Waals surface area contributed by atoms with Gasteiger partial charge in [0.15, 0.2) is 0 Å². The summed E-state index contributed by atoms with van der Waals surface area (Å²) in [6.45, 7) is 5.21. The molecule has 16 heavy (non-hydrogen) atoms. The highest BCUT2D eigenvalue weighted by Gasteiger charge is 2.15. The van der Waals surface area contributed by atoms with Crippen molar-refractivity contribution in [1.29, 1.82) is 0 Å². The fourth-order valence-electron chi connectivity index (χ4n) is 1.61. The summed E-state index contributed by atoms with van der Waals surface area (Å²) in [7, 11) is 4.16. The van der Waals surface area contributed by atoms with E-state index in [-0.39, 0.29) is 0 Å². The van der Waals surface area contributed by atoms with E-state index in [0.717, 1.165) is 22.5 Å². The van der Waals surface area contributed by atoms with E-state index in [1.54, 1.807) is 0 Å². The largest absolute Gasteiger partial charge is 0.297 e. The first-order valence-corrected chi connectivity index (χ1v) is 7.53. The van der Waals surface area contributed by atoms with Gasteiger partial charge >= 0.3 is 0 Å². The van der Waals surface area contributed by atoms with Crippen molar-refractivity contribution in [3.63, 3.8) is 0 Å². The molecule has 1 aromatic rings. The van der Waals surface area contributed by atoms with Crippen LogP contribution in [-0.2, 0) is 13.6 Å². The molecule has 1 rings (SSSR count). The fourth-order valence-corrected chi connectivity index (χ4v) is 2.81. The van der Waals surface area contributed by atoms with Crippen LogP contribution in [0.25, 0.3) is 0 Å². The standard InChI is InChI=1S/C11H20BrN3S/c1-8(7-16-5)14(3)6-10-11(12)9(2)13-15(10)4/h8H,6-7H2,1-5H3. The first-order valence-electron chi connectivity index (χ1n) is 5.34. The lowest BCUT2D eigenvalue weighted by Crippen LogP contribution is -2.31. The summed E-state index contributed by atoms with van der Waals surface area (Å²) in [6, 6.07) is 0.581. The SMILES string of the molecule is CSCC(C)N(C)Cc1c(Br)c(C)nn1C. The van der Waals surface area contributed by atoms with Gasteiger partial charge in [0.2, 0.25) is 0 Å². The van der Waals surface area contributed by atoms with Crippen molar-refractivity contribution in [2.24, 2.45) is 7.05 Å². The summed E-state index contributed by atoms with van der Waals surface area (Å²) in [6.07, 6.45) is 2.15. The maximum atomic E-state index is 4.41. The normalized spacial score (nSPS) is 13.4. The monoisotopic (exact) mass is 305 g/mol. The highest BCUT2D eigenvalue weighted by molar-refractivity contribution is 9.10. The Kier molecular flexibility index (Phi) is 5.34. The number of nitrogens with zero attached hydrogens (tertiary/aromatic N) is 3. The van der Waals surface area contributed by atoms with E-state index < -0.39 is 0 Å². The predicted octanol–water partition coefficient (Wildman–Crippen LogP) is 2.67. The molecule has 0 saturated heterocycles. The Morgan fingerprint density at radius 1 is 1.56 bits per heavy atom. The topological polar surface area (TPSA) is 21.1 Å². The van der Waals surface area contributed by atoms with E-state index in [2.05, 4.69) is 46.2 Å². The molecule has 0 spiro atoms. The summed E-state index contributed by atoms with van der Waals surface area (Å²) in [4.78, 5) is 2.36. The number of aryl methyl sites for hydroxylation is 2. The molecule has 1 atom stereocenters. The van der Waals surface area contributed by atoms with Crippen molar-refractivity contribution < 1.29 is 0 Å². The third kappa shape index (κ3) is 3.25. The third-order valence-corrected chi connectivity index (χ3v) is 4.67. The maximum Gasteiger partial charge on any atom is 0.0739 e. The second-order valence-electron chi connectivity index (χ2n) is 4.19. The van der Waals surface area contributed by atoms with Gasteiger partial charge in [0.25, 0.3) is 0 Å². The Hall–Kier alpha value is 0. The Bertz CT molecular complexity index is 351. The number of hydrogen-bond acceptors (Lipinski definition) is 3. The molecule has 0 amide bonds. The van der Waals surface area contributed by atoms with E-state index in [1.165, 1.54) is 5.69 Å². The van der Waals surface area contributed by atoms with E-state index in [1.807, 2.05) is 30.4 Å². The summed E-state index contributed by atoms with van der Waals surface area (Å²) in [5, 5.41) is 4.41. The van der Waals surface area contributed by atoms with Crippen molar-refractivity contribution >= 4 is 27.7 Å². The van der Waals surface area contributed by atoms with Crippen molar-refractivity contribution in [1.82, 2.24) is 14.7 Å². The molecular weight excluding hydrogens is 286 g/mol. The minimum Gasteiger partial charge on any atom is -0.297 e. The Morgan fingerprint density at radius 2 is 2.19 bits per heavy atom. The molecule has 1 heterocycles. The highest BCUT2D eigenvalue weighted by atomic mass is 79.9. The van der Waals surface area contributed by atoms with Gasteiger partial charge in [-0.2, -0.15) is 16.9 Å². The van der Waals surface area contributed by atoms with Crippen molar-refractivity contribution in [3.8, 4) is 0 Å². The molecule has 0 fully saturated rings. The van der Waals surface area contributed by atoms with Crippen LogP contribution in [-0.4, -0.2) is 39.8 Å². The van der Waals surface area contributed by atoms with Crippen molar-refractivity contribution in [2.45, 2.75) is 26.4 Å². The molecule has 1 unspecified atom stereocenters. The molecule has 5 heteroatoms. The van der Waals surface area contributed by atoms with Crippen LogP contribution in [0.2, 0.25) is 0 Å². The van der Waals surface area contributed by atoms with Crippen LogP contribution in [0.3, 0.4) is 0 Å². The summed E-state index contributed by atoms with van der Waals surface area (Å²) in [5.41, 5.74) is 2.30. The van der Waals surface area contributed by atoms with Gasteiger partial charge < -0.3 is 0 Å². The summed E-state index contributed by atoms with van der Waals surface area (Å²) < 4.78 is 3.10. The maximum absolute atomic E-state index is 4.41. The fraction of sp³-hybridized carbons (Fsp3) is 0.727. The number of hydrogen-bond donors (Lipinski definition) is 0. The first kappa shape index (κ1) is 14.1. The molecule has 0 N–H and O–H groups in total. The molecule has 92 valence electrons. The zero-order valence-electron chi connectivity index (χ0n) is 10.6. The molecule has 0 aromatic carbocycles. The highest BCUT2D eigenvalue weighted by Crippen LogP contribution is 2.22. The Morgan fingerprint density at radius 3 is 2.62 bits per heavy atom. The number of aromatic nitrogens is 2. The Balaban J connectivity index is 2.72. The predicted molar refractivity (Wildman–Crippen MR) is 75.0 cm³/mol. The van der Waals surface area contributed by atoms with E-state index >= 15 is 0 Å². The van der Waals surface area contributed by atoms with Crippen LogP contribution in [0.5, 0.6) is 0 Å². The average Bonchev–Trinajstić information content (AvgIpc) is 2.45. The van der Waals surface area contributed by atoms with Gasteiger partial charge in [0, 0.05) is 25.4 Å². The van der Waals surface area contributed by atoms with Crippen LogP contribution < -0.4 is 0 Å². The van der Waals surface area contributed by atoms with Gasteiger partial charge in [-0.15, -0.1) is 0 Å². The van der Waals surface area contributed by atoms with Gasteiger partial charge in [0.05, 0.1) is 15.9 Å². The minimum absolute atomic E-state index is 0.581. The zero-order chi connectivity index (χ0) is 12.3. The molecule has 3 nitrogen and oxygen atoms in total. The van der Waals surface area contributed by atoms with Gasteiger partial charge in [-0.1, -0.05) is 0 Å². The second-order valence-corrected chi connectivity index (χ2v) is 5.89. The van der Waals surface area contributed by atoms with Crippen molar-refractivity contribution in [2.75, 3.05) is 19.1 Å². The van der Waals surface area contributed by atoms with Gasteiger partial charge in [-0.25, -0.2) is 0 Å². The third-order valence-electron chi connectivity index (χ3n) is 2.82. The van der Waals surface area contributed by atoms with Crippen LogP contribution in [0, 0.1) is 6.92 Å². The number of halogens is 1. The van der Waals surface area contributed by atoms with Gasteiger partial charge in [0.1, 0.15) is 0 Å². The van der Waals surface area contributed by atoms with Crippen molar-refractivity contribution in [3.05, 3.63) is 15.9 Å².